The molecular formula is C34H40N6O3. The second kappa shape index (κ2) is 11.6. The minimum atomic E-state index is -0.498. The lowest BCUT2D eigenvalue weighted by atomic mass is 9.48. The molecule has 2 aromatic carbocycles. The fourth-order valence-corrected chi connectivity index (χ4v) is 8.82. The zero-order chi connectivity index (χ0) is 29.4. The Hall–Kier alpha value is -4.01. The zero-order valence-corrected chi connectivity index (χ0v) is 24.5. The van der Waals surface area contributed by atoms with Crippen molar-refractivity contribution in [1.82, 2.24) is 25.9 Å². The normalized spacial score (nSPS) is 26.4. The van der Waals surface area contributed by atoms with Gasteiger partial charge in [0.1, 0.15) is 11.5 Å². The van der Waals surface area contributed by atoms with Gasteiger partial charge in [0, 0.05) is 24.3 Å². The number of phenolic OH excluding ortho intramolecular Hbond substituents is 1. The Labute approximate surface area is 251 Å². The first-order valence-electron chi connectivity index (χ1n) is 15.8. The molecule has 3 aromatic rings. The predicted molar refractivity (Wildman–Crippen MR) is 163 cm³/mol. The van der Waals surface area contributed by atoms with Gasteiger partial charge >= 0.3 is 0 Å². The highest BCUT2D eigenvalue weighted by molar-refractivity contribution is 5.91. The van der Waals surface area contributed by atoms with Gasteiger partial charge in [-0.2, -0.15) is 5.21 Å². The van der Waals surface area contributed by atoms with Crippen molar-refractivity contribution in [1.29, 1.82) is 0 Å². The molecule has 0 radical (unpaired) electrons. The number of ketones is 1. The molecule has 0 unspecified atom stereocenters. The molecule has 4 N–H and O–H groups in total. The van der Waals surface area contributed by atoms with Crippen LogP contribution in [-0.4, -0.2) is 50.0 Å². The summed E-state index contributed by atoms with van der Waals surface area (Å²) < 4.78 is 0. The number of hydrogen-bond acceptors (Lipinski definition) is 7. The van der Waals surface area contributed by atoms with E-state index in [1.54, 1.807) is 12.1 Å². The Morgan fingerprint density at radius 2 is 1.70 bits per heavy atom. The van der Waals surface area contributed by atoms with Crippen LogP contribution in [-0.2, 0) is 22.4 Å². The highest BCUT2D eigenvalue weighted by Crippen LogP contribution is 2.60. The molecule has 224 valence electrons. The summed E-state index contributed by atoms with van der Waals surface area (Å²) in [7, 11) is 0. The van der Waals surface area contributed by atoms with E-state index >= 15 is 0 Å². The first kappa shape index (κ1) is 27.8. The maximum absolute atomic E-state index is 14.2. The maximum Gasteiger partial charge on any atom is 0.263 e. The number of nitrogens with zero attached hydrogens (tertiary/aromatic N) is 3. The summed E-state index contributed by atoms with van der Waals surface area (Å²) in [6.45, 7) is 0.416. The van der Waals surface area contributed by atoms with E-state index in [-0.39, 0.29) is 35.3 Å². The van der Waals surface area contributed by atoms with Crippen LogP contribution in [0.5, 0.6) is 5.75 Å². The van der Waals surface area contributed by atoms with Crippen LogP contribution in [0.4, 0.5) is 5.95 Å². The topological polar surface area (TPSA) is 133 Å². The molecule has 4 fully saturated rings. The van der Waals surface area contributed by atoms with E-state index in [1.165, 1.54) is 36.0 Å². The van der Waals surface area contributed by atoms with Gasteiger partial charge in [-0.15, -0.1) is 5.10 Å². The first-order chi connectivity index (χ1) is 20.9. The number of amides is 1. The van der Waals surface area contributed by atoms with Crippen LogP contribution < -0.4 is 10.6 Å². The summed E-state index contributed by atoms with van der Waals surface area (Å²) in [6, 6.07) is 15.1. The van der Waals surface area contributed by atoms with Crippen LogP contribution in [0.25, 0.3) is 5.57 Å². The van der Waals surface area contributed by atoms with E-state index in [1.807, 2.05) is 18.2 Å². The van der Waals surface area contributed by atoms with Crippen molar-refractivity contribution in [2.75, 3.05) is 11.9 Å². The molecular weight excluding hydrogens is 540 g/mol. The van der Waals surface area contributed by atoms with Gasteiger partial charge in [0.2, 0.25) is 5.91 Å². The second-order valence-electron chi connectivity index (χ2n) is 13.5. The number of H-pyrrole nitrogens is 1. The molecule has 4 saturated carbocycles. The lowest BCUT2D eigenvalue weighted by molar-refractivity contribution is -0.146. The van der Waals surface area contributed by atoms with Crippen molar-refractivity contribution in [2.45, 2.75) is 70.3 Å². The van der Waals surface area contributed by atoms with Gasteiger partial charge in [0.15, 0.2) is 0 Å². The fourth-order valence-electron chi connectivity index (χ4n) is 8.82. The third-order valence-electron chi connectivity index (χ3n) is 10.4. The van der Waals surface area contributed by atoms with Gasteiger partial charge in [-0.3, -0.25) is 9.59 Å². The minimum absolute atomic E-state index is 0.113. The molecule has 0 saturated heterocycles. The summed E-state index contributed by atoms with van der Waals surface area (Å²) in [5.74, 6) is 2.23. The molecule has 4 bridgehead atoms. The third kappa shape index (κ3) is 5.94. The number of tetrazole rings is 1. The second-order valence-corrected chi connectivity index (χ2v) is 13.5. The summed E-state index contributed by atoms with van der Waals surface area (Å²) in [5, 5.41) is 30.5. The van der Waals surface area contributed by atoms with Gasteiger partial charge in [-0.1, -0.05) is 47.6 Å². The Balaban J connectivity index is 1.11. The van der Waals surface area contributed by atoms with Crippen LogP contribution in [0.2, 0.25) is 0 Å². The number of anilines is 1. The number of nitrogens with one attached hydrogen (secondary N) is 3. The number of hydrogen-bond donors (Lipinski definition) is 4. The number of carbonyl (C=O) groups is 2. The average Bonchev–Trinajstić information content (AvgIpc) is 3.66. The van der Waals surface area contributed by atoms with Gasteiger partial charge in [0.25, 0.3) is 5.95 Å². The first-order valence-corrected chi connectivity index (χ1v) is 15.8. The Morgan fingerprint density at radius 1 is 0.977 bits per heavy atom. The SMILES string of the molecule is O=C(N[C@H](CNc1nn[nH]n1)CC1=CCc2ccccc21)[C@@H](CC(=O)C12CC3CC(CC(C3)C1)C2)Cc1ccc(O)cc1. The number of aromatic hydroxyl groups is 1. The Morgan fingerprint density at radius 3 is 2.40 bits per heavy atom. The third-order valence-corrected chi connectivity index (χ3v) is 10.4. The van der Waals surface area contributed by atoms with Crippen LogP contribution in [0.1, 0.15) is 68.1 Å². The summed E-state index contributed by atoms with van der Waals surface area (Å²) in [4.78, 5) is 28.3. The monoisotopic (exact) mass is 580 g/mol. The molecule has 0 spiro atoms. The van der Waals surface area contributed by atoms with Crippen molar-refractivity contribution in [3.8, 4) is 5.75 Å². The van der Waals surface area contributed by atoms with Gasteiger partial charge in [-0.05, 0) is 115 Å². The maximum atomic E-state index is 14.2. The lowest BCUT2D eigenvalue weighted by Crippen LogP contribution is -2.51. The standard InChI is InChI=1S/C34H40N6O3/c41-29-9-5-21(6-10-29)14-27(16-31(42)34-17-22-11-23(18-34)13-24(12-22)19-34)32(43)36-28(20-35-33-37-39-40-38-33)15-26-8-7-25-3-1-2-4-30(25)26/h1-6,8-10,22-24,27-28,41H,7,11-20H2,(H,36,43)(H2,35,37,38,39,40)/t22?,23?,24?,27-,28+,34?/m1/s1. The highest BCUT2D eigenvalue weighted by atomic mass is 16.3. The molecule has 1 aromatic heterocycles. The van der Waals surface area contributed by atoms with Crippen LogP contribution in [0.3, 0.4) is 0 Å². The summed E-state index contributed by atoms with van der Waals surface area (Å²) >= 11 is 0. The number of carbonyl (C=O) groups excluding carboxylic acids is 2. The molecule has 2 atom stereocenters. The van der Waals surface area contributed by atoms with Crippen LogP contribution >= 0.6 is 0 Å². The van der Waals surface area contributed by atoms with Crippen LogP contribution in [0, 0.1) is 29.1 Å². The van der Waals surface area contributed by atoms with E-state index in [0.717, 1.165) is 31.2 Å². The smallest absolute Gasteiger partial charge is 0.263 e. The van der Waals surface area contributed by atoms with Crippen molar-refractivity contribution in [3.63, 3.8) is 0 Å². The number of benzene rings is 2. The predicted octanol–water partition coefficient (Wildman–Crippen LogP) is 4.87. The Bertz CT molecular complexity index is 1460. The van der Waals surface area contributed by atoms with E-state index < -0.39 is 5.92 Å². The van der Waals surface area contributed by atoms with Crippen molar-refractivity contribution >= 4 is 23.2 Å². The molecule has 1 heterocycles. The molecule has 0 aliphatic heterocycles. The lowest BCUT2D eigenvalue weighted by Gasteiger charge is -2.56. The molecule has 43 heavy (non-hydrogen) atoms. The number of Topliss-reactive ketones (excluding diaryl/α,β-unsaturated/α-hetero) is 1. The average molecular weight is 581 g/mol. The van der Waals surface area contributed by atoms with E-state index in [9.17, 15) is 14.7 Å². The number of rotatable bonds is 12. The molecule has 5 aliphatic rings. The van der Waals surface area contributed by atoms with Crippen molar-refractivity contribution < 1.29 is 14.7 Å². The molecule has 9 nitrogen and oxygen atoms in total. The van der Waals surface area contributed by atoms with E-state index in [4.69, 9.17) is 0 Å². The highest BCUT2D eigenvalue weighted by Gasteiger charge is 2.54. The number of aromatic nitrogens is 4. The number of allylic oxidation sites excluding steroid dienone is 1. The summed E-state index contributed by atoms with van der Waals surface area (Å²) in [6.07, 6.45) is 11.3. The number of fused-ring (bicyclic) bond motifs is 1. The zero-order valence-electron chi connectivity index (χ0n) is 24.5. The van der Waals surface area contributed by atoms with E-state index in [0.29, 0.717) is 43.1 Å². The van der Waals surface area contributed by atoms with Crippen LogP contribution in [0.15, 0.2) is 54.6 Å². The van der Waals surface area contributed by atoms with Gasteiger partial charge in [-0.25, -0.2) is 0 Å². The number of aromatic amines is 1. The molecule has 1 amide bonds. The molecule has 9 heteroatoms. The Kier molecular flexibility index (Phi) is 7.49. The van der Waals surface area contributed by atoms with Gasteiger partial charge < -0.3 is 15.7 Å². The van der Waals surface area contributed by atoms with Gasteiger partial charge in [0.05, 0.1) is 6.04 Å². The quantitative estimate of drug-likeness (QED) is 0.240. The van der Waals surface area contributed by atoms with E-state index in [2.05, 4.69) is 55.5 Å². The van der Waals surface area contributed by atoms with Crippen molar-refractivity contribution in [2.24, 2.45) is 29.1 Å². The largest absolute Gasteiger partial charge is 0.508 e. The fraction of sp³-hybridized carbons (Fsp3) is 0.500. The minimum Gasteiger partial charge on any atom is -0.508 e. The summed E-state index contributed by atoms with van der Waals surface area (Å²) in [5.41, 5.74) is 4.40. The molecule has 8 rings (SSSR count). The van der Waals surface area contributed by atoms with Crippen molar-refractivity contribution in [3.05, 3.63) is 71.3 Å². The molecule has 5 aliphatic carbocycles. The number of phenols is 1.